The van der Waals surface area contributed by atoms with Crippen LogP contribution >= 0.6 is 0 Å². The lowest BCUT2D eigenvalue weighted by Gasteiger charge is -2.45. The molecule has 1 N–H and O–H groups in total. The predicted molar refractivity (Wildman–Crippen MR) is 116 cm³/mol. The SMILES string of the molecule is CC1(C)C[C@@](C)(c2ccc(O)cc2)c2cc(B3OC(C)(C)C(C)(C)O3)ccc2O1. The van der Waals surface area contributed by atoms with Gasteiger partial charge in [0.25, 0.3) is 0 Å². The van der Waals surface area contributed by atoms with Gasteiger partial charge in [-0.05, 0) is 70.8 Å². The van der Waals surface area contributed by atoms with E-state index in [1.807, 2.05) is 24.3 Å². The van der Waals surface area contributed by atoms with Gasteiger partial charge >= 0.3 is 7.12 Å². The maximum absolute atomic E-state index is 9.76. The zero-order chi connectivity index (χ0) is 21.2. The van der Waals surface area contributed by atoms with Crippen molar-refractivity contribution < 1.29 is 19.2 Å². The molecule has 0 unspecified atom stereocenters. The first kappa shape index (κ1) is 20.3. The van der Waals surface area contributed by atoms with Crippen molar-refractivity contribution in [1.29, 1.82) is 0 Å². The molecule has 1 saturated heterocycles. The van der Waals surface area contributed by atoms with Gasteiger partial charge in [0.1, 0.15) is 17.1 Å². The molecule has 0 aromatic heterocycles. The van der Waals surface area contributed by atoms with Crippen LogP contribution in [0.3, 0.4) is 0 Å². The van der Waals surface area contributed by atoms with E-state index >= 15 is 0 Å². The van der Waals surface area contributed by atoms with Crippen molar-refractivity contribution in [2.45, 2.75) is 77.1 Å². The molecule has 0 aliphatic carbocycles. The smallest absolute Gasteiger partial charge is 0.494 e. The van der Waals surface area contributed by atoms with Crippen molar-refractivity contribution in [2.75, 3.05) is 0 Å². The third-order valence-electron chi connectivity index (χ3n) is 6.79. The van der Waals surface area contributed by atoms with Crippen molar-refractivity contribution >= 4 is 12.6 Å². The van der Waals surface area contributed by atoms with E-state index < -0.39 is 7.12 Å². The molecule has 2 aromatic carbocycles. The van der Waals surface area contributed by atoms with E-state index in [1.54, 1.807) is 12.1 Å². The van der Waals surface area contributed by atoms with E-state index in [-0.39, 0.29) is 28.0 Å². The van der Waals surface area contributed by atoms with Gasteiger partial charge in [-0.2, -0.15) is 0 Å². The average molecular weight is 394 g/mol. The third kappa shape index (κ3) is 3.34. The number of rotatable bonds is 2. The van der Waals surface area contributed by atoms with E-state index in [1.165, 1.54) is 0 Å². The zero-order valence-corrected chi connectivity index (χ0v) is 18.5. The summed E-state index contributed by atoms with van der Waals surface area (Å²) < 4.78 is 18.9. The van der Waals surface area contributed by atoms with E-state index in [0.717, 1.165) is 28.8 Å². The van der Waals surface area contributed by atoms with Crippen LogP contribution in [0.15, 0.2) is 42.5 Å². The van der Waals surface area contributed by atoms with Crippen LogP contribution in [0.2, 0.25) is 0 Å². The van der Waals surface area contributed by atoms with Crippen LogP contribution in [0.25, 0.3) is 0 Å². The highest BCUT2D eigenvalue weighted by atomic mass is 16.7. The first-order valence-corrected chi connectivity index (χ1v) is 10.3. The van der Waals surface area contributed by atoms with Crippen LogP contribution in [0.1, 0.15) is 66.0 Å². The van der Waals surface area contributed by atoms with Gasteiger partial charge in [0.05, 0.1) is 11.2 Å². The van der Waals surface area contributed by atoms with Gasteiger partial charge in [-0.3, -0.25) is 0 Å². The van der Waals surface area contributed by atoms with Crippen LogP contribution in [0, 0.1) is 0 Å². The summed E-state index contributed by atoms with van der Waals surface area (Å²) in [5, 5.41) is 9.76. The molecule has 0 radical (unpaired) electrons. The molecule has 1 fully saturated rings. The Bertz CT molecular complexity index is 916. The second kappa shape index (κ2) is 6.26. The highest BCUT2D eigenvalue weighted by Gasteiger charge is 2.52. The minimum absolute atomic E-state index is 0.259. The standard InChI is InChI=1S/C24H31BO4/c1-21(2)15-24(7,16-8-11-18(26)12-9-16)19-14-17(10-13-20(19)27-21)25-28-22(3,4)23(5,6)29-25/h8-14,26H,15H2,1-7H3/t24-/m0/s1. The minimum atomic E-state index is -0.413. The number of hydrogen-bond acceptors (Lipinski definition) is 4. The molecule has 154 valence electrons. The maximum Gasteiger partial charge on any atom is 0.494 e. The fourth-order valence-electron chi connectivity index (χ4n) is 4.56. The molecule has 0 bridgehead atoms. The number of benzene rings is 2. The van der Waals surface area contributed by atoms with Crippen LogP contribution < -0.4 is 10.2 Å². The van der Waals surface area contributed by atoms with Crippen LogP contribution in [0.4, 0.5) is 0 Å². The van der Waals surface area contributed by atoms with Gasteiger partial charge in [-0.1, -0.05) is 31.2 Å². The van der Waals surface area contributed by atoms with Gasteiger partial charge in [0.2, 0.25) is 0 Å². The lowest BCUT2D eigenvalue weighted by Crippen LogP contribution is -2.45. The van der Waals surface area contributed by atoms with Crippen molar-refractivity contribution in [3.63, 3.8) is 0 Å². The summed E-state index contributed by atoms with van der Waals surface area (Å²) in [5.41, 5.74) is 1.94. The molecule has 2 aliphatic heterocycles. The summed E-state index contributed by atoms with van der Waals surface area (Å²) in [4.78, 5) is 0. The molecule has 1 atom stereocenters. The second-order valence-electron chi connectivity index (χ2n) is 10.3. The number of phenolic OH excluding ortho intramolecular Hbond substituents is 1. The summed E-state index contributed by atoms with van der Waals surface area (Å²) >= 11 is 0. The molecular weight excluding hydrogens is 363 g/mol. The van der Waals surface area contributed by atoms with Crippen LogP contribution in [-0.2, 0) is 14.7 Å². The molecule has 0 amide bonds. The molecule has 29 heavy (non-hydrogen) atoms. The Morgan fingerprint density at radius 1 is 0.828 bits per heavy atom. The Labute approximate surface area is 174 Å². The largest absolute Gasteiger partial charge is 0.508 e. The fraction of sp³-hybridized carbons (Fsp3) is 0.500. The van der Waals surface area contributed by atoms with Crippen molar-refractivity contribution in [1.82, 2.24) is 0 Å². The van der Waals surface area contributed by atoms with E-state index in [9.17, 15) is 5.11 Å². The van der Waals surface area contributed by atoms with Gasteiger partial charge in [-0.25, -0.2) is 0 Å². The van der Waals surface area contributed by atoms with E-state index in [0.29, 0.717) is 0 Å². The molecule has 4 nitrogen and oxygen atoms in total. The first-order chi connectivity index (χ1) is 13.3. The number of hydrogen-bond donors (Lipinski definition) is 1. The minimum Gasteiger partial charge on any atom is -0.508 e. The van der Waals surface area contributed by atoms with Crippen molar-refractivity contribution in [3.8, 4) is 11.5 Å². The van der Waals surface area contributed by atoms with Crippen LogP contribution in [-0.4, -0.2) is 29.0 Å². The normalized spacial score (nSPS) is 26.7. The molecule has 0 saturated carbocycles. The lowest BCUT2D eigenvalue weighted by atomic mass is 9.66. The number of fused-ring (bicyclic) bond motifs is 1. The quantitative estimate of drug-likeness (QED) is 0.759. The molecule has 5 heteroatoms. The second-order valence-corrected chi connectivity index (χ2v) is 10.3. The molecule has 4 rings (SSSR count). The van der Waals surface area contributed by atoms with E-state index in [4.69, 9.17) is 14.0 Å². The Morgan fingerprint density at radius 2 is 1.41 bits per heavy atom. The average Bonchev–Trinajstić information content (AvgIpc) is 2.82. The first-order valence-electron chi connectivity index (χ1n) is 10.3. The summed E-state index contributed by atoms with van der Waals surface area (Å²) in [5.74, 6) is 1.16. The lowest BCUT2D eigenvalue weighted by molar-refractivity contribution is 0.00578. The molecule has 2 aliphatic rings. The molecule has 2 aromatic rings. The monoisotopic (exact) mass is 394 g/mol. The summed E-state index contributed by atoms with van der Waals surface area (Å²) in [6.45, 7) is 14.8. The molecular formula is C24H31BO4. The zero-order valence-electron chi connectivity index (χ0n) is 18.5. The Kier molecular flexibility index (Phi) is 4.38. The summed E-state index contributed by atoms with van der Waals surface area (Å²) in [6, 6.07) is 13.8. The summed E-state index contributed by atoms with van der Waals surface area (Å²) in [6.07, 6.45) is 0.824. The fourth-order valence-corrected chi connectivity index (χ4v) is 4.56. The van der Waals surface area contributed by atoms with Crippen molar-refractivity contribution in [2.24, 2.45) is 0 Å². The summed E-state index contributed by atoms with van der Waals surface area (Å²) in [7, 11) is -0.413. The Hall–Kier alpha value is -1.98. The van der Waals surface area contributed by atoms with Gasteiger partial charge < -0.3 is 19.2 Å². The number of phenols is 1. The third-order valence-corrected chi connectivity index (χ3v) is 6.79. The Morgan fingerprint density at radius 3 is 2.00 bits per heavy atom. The Balaban J connectivity index is 1.80. The number of ether oxygens (including phenoxy) is 1. The highest BCUT2D eigenvalue weighted by molar-refractivity contribution is 6.62. The van der Waals surface area contributed by atoms with E-state index in [2.05, 4.69) is 54.5 Å². The van der Waals surface area contributed by atoms with Gasteiger partial charge in [-0.15, -0.1) is 0 Å². The van der Waals surface area contributed by atoms with Crippen molar-refractivity contribution in [3.05, 3.63) is 53.6 Å². The predicted octanol–water partition coefficient (Wildman–Crippen LogP) is 4.56. The van der Waals surface area contributed by atoms with Gasteiger partial charge in [0.15, 0.2) is 0 Å². The van der Waals surface area contributed by atoms with Gasteiger partial charge in [0, 0.05) is 17.4 Å². The maximum atomic E-state index is 9.76. The number of aromatic hydroxyl groups is 1. The highest BCUT2D eigenvalue weighted by Crippen LogP contribution is 2.48. The molecule has 0 spiro atoms. The van der Waals surface area contributed by atoms with Crippen LogP contribution in [0.5, 0.6) is 11.5 Å². The topological polar surface area (TPSA) is 47.9 Å². The molecule has 2 heterocycles.